The molecule has 0 aliphatic carbocycles. The molecule has 0 aromatic heterocycles. The van der Waals surface area contributed by atoms with Gasteiger partial charge < -0.3 is 5.11 Å². The second kappa shape index (κ2) is 5.28. The summed E-state index contributed by atoms with van der Waals surface area (Å²) in [5, 5.41) is 9.22. The molecular weight excluding hydrogens is 224 g/mol. The molecule has 1 nitrogen and oxygen atoms in total. The fourth-order valence-electron chi connectivity index (χ4n) is 1.87. The molecular formula is C12H16OS2. The minimum Gasteiger partial charge on any atom is -0.396 e. The first-order valence-electron chi connectivity index (χ1n) is 5.32. The van der Waals surface area contributed by atoms with Gasteiger partial charge in [0.15, 0.2) is 0 Å². The van der Waals surface area contributed by atoms with Crippen LogP contribution in [0.4, 0.5) is 0 Å². The maximum Gasteiger partial charge on any atom is 0.0881 e. The molecule has 2 rings (SSSR count). The van der Waals surface area contributed by atoms with Gasteiger partial charge in [-0.3, -0.25) is 0 Å². The second-order valence-corrected chi connectivity index (χ2v) is 6.69. The molecule has 1 aliphatic heterocycles. The number of thioether (sulfide) groups is 2. The number of hydrogen-bond acceptors (Lipinski definition) is 3. The predicted molar refractivity (Wildman–Crippen MR) is 69.4 cm³/mol. The van der Waals surface area contributed by atoms with Crippen LogP contribution in [0.3, 0.4) is 0 Å². The number of aliphatic hydroxyl groups excluding tert-OH is 1. The largest absolute Gasteiger partial charge is 0.396 e. The normalized spacial score (nSPS) is 20.1. The van der Waals surface area contributed by atoms with Crippen LogP contribution >= 0.6 is 23.5 Å². The molecule has 1 heterocycles. The van der Waals surface area contributed by atoms with Gasteiger partial charge in [0, 0.05) is 6.61 Å². The van der Waals surface area contributed by atoms with Crippen LogP contribution < -0.4 is 0 Å². The monoisotopic (exact) mass is 240 g/mol. The van der Waals surface area contributed by atoms with Crippen molar-refractivity contribution >= 4 is 23.5 Å². The van der Waals surface area contributed by atoms with Gasteiger partial charge in [0.1, 0.15) is 0 Å². The van der Waals surface area contributed by atoms with Crippen molar-refractivity contribution in [1.82, 2.24) is 0 Å². The van der Waals surface area contributed by atoms with Gasteiger partial charge in [0.05, 0.1) is 4.08 Å². The number of aliphatic hydroxyl groups is 1. The lowest BCUT2D eigenvalue weighted by molar-refractivity contribution is 0.283. The fourth-order valence-corrected chi connectivity index (χ4v) is 5.20. The van der Waals surface area contributed by atoms with Crippen LogP contribution in [0.1, 0.15) is 18.4 Å². The lowest BCUT2D eigenvalue weighted by Gasteiger charge is -2.36. The first-order chi connectivity index (χ1) is 7.37. The summed E-state index contributed by atoms with van der Waals surface area (Å²) in [7, 11) is 0. The highest BCUT2D eigenvalue weighted by atomic mass is 32.2. The number of rotatable bonds is 3. The summed E-state index contributed by atoms with van der Waals surface area (Å²) in [5.74, 6) is 2.42. The molecule has 0 amide bonds. The van der Waals surface area contributed by atoms with Gasteiger partial charge in [-0.1, -0.05) is 30.3 Å². The van der Waals surface area contributed by atoms with Crippen molar-refractivity contribution in [2.24, 2.45) is 0 Å². The Morgan fingerprint density at radius 1 is 1.13 bits per heavy atom. The van der Waals surface area contributed by atoms with E-state index in [1.54, 1.807) is 0 Å². The zero-order chi connectivity index (χ0) is 10.6. The van der Waals surface area contributed by atoms with E-state index in [1.807, 2.05) is 29.6 Å². The Balaban J connectivity index is 2.25. The summed E-state index contributed by atoms with van der Waals surface area (Å²) < 4.78 is 0.105. The maximum absolute atomic E-state index is 9.22. The summed E-state index contributed by atoms with van der Waals surface area (Å²) in [6.45, 7) is 0.273. The number of hydrogen-bond donors (Lipinski definition) is 1. The van der Waals surface area contributed by atoms with Crippen LogP contribution in [-0.2, 0) is 4.08 Å². The van der Waals surface area contributed by atoms with Crippen LogP contribution in [0, 0.1) is 0 Å². The highest BCUT2D eigenvalue weighted by molar-refractivity contribution is 8.18. The zero-order valence-electron chi connectivity index (χ0n) is 8.69. The van der Waals surface area contributed by atoms with Gasteiger partial charge in [-0.25, -0.2) is 0 Å². The van der Waals surface area contributed by atoms with E-state index in [4.69, 9.17) is 0 Å². The van der Waals surface area contributed by atoms with E-state index >= 15 is 0 Å². The van der Waals surface area contributed by atoms with Crippen LogP contribution in [0.5, 0.6) is 0 Å². The molecule has 0 radical (unpaired) electrons. The van der Waals surface area contributed by atoms with Gasteiger partial charge in [0.2, 0.25) is 0 Å². The zero-order valence-corrected chi connectivity index (χ0v) is 10.3. The fraction of sp³-hybridized carbons (Fsp3) is 0.500. The quantitative estimate of drug-likeness (QED) is 0.877. The average Bonchev–Trinajstić information content (AvgIpc) is 2.32. The molecule has 0 saturated carbocycles. The van der Waals surface area contributed by atoms with Crippen LogP contribution in [0.15, 0.2) is 30.3 Å². The Hall–Kier alpha value is -0.120. The second-order valence-electron chi connectivity index (χ2n) is 3.64. The highest BCUT2D eigenvalue weighted by Crippen LogP contribution is 2.52. The SMILES string of the molecule is OCCC1(c2ccccc2)SCCCS1. The molecule has 0 atom stereocenters. The third-order valence-corrected chi connectivity index (χ3v) is 6.12. The third kappa shape index (κ3) is 2.52. The smallest absolute Gasteiger partial charge is 0.0881 e. The third-order valence-electron chi connectivity index (χ3n) is 2.61. The highest BCUT2D eigenvalue weighted by Gasteiger charge is 2.34. The van der Waals surface area contributed by atoms with Crippen molar-refractivity contribution in [3.05, 3.63) is 35.9 Å². The molecule has 0 unspecified atom stereocenters. The Bertz CT molecular complexity index is 288. The summed E-state index contributed by atoms with van der Waals surface area (Å²) in [6.07, 6.45) is 2.14. The Morgan fingerprint density at radius 3 is 2.40 bits per heavy atom. The van der Waals surface area contributed by atoms with Crippen LogP contribution in [0.2, 0.25) is 0 Å². The Morgan fingerprint density at radius 2 is 1.80 bits per heavy atom. The van der Waals surface area contributed by atoms with E-state index in [1.165, 1.54) is 23.5 Å². The predicted octanol–water partition coefficient (Wildman–Crippen LogP) is 3.09. The molecule has 0 bridgehead atoms. The Kier molecular flexibility index (Phi) is 4.00. The molecule has 1 fully saturated rings. The van der Waals surface area contributed by atoms with E-state index < -0.39 is 0 Å². The van der Waals surface area contributed by atoms with Crippen molar-refractivity contribution in [3.63, 3.8) is 0 Å². The van der Waals surface area contributed by atoms with Gasteiger partial charge in [-0.05, 0) is 29.9 Å². The maximum atomic E-state index is 9.22. The van der Waals surface area contributed by atoms with E-state index in [9.17, 15) is 5.11 Å². The summed E-state index contributed by atoms with van der Waals surface area (Å²) in [4.78, 5) is 0. The van der Waals surface area contributed by atoms with Crippen molar-refractivity contribution < 1.29 is 5.11 Å². The summed E-state index contributed by atoms with van der Waals surface area (Å²) >= 11 is 3.98. The van der Waals surface area contributed by atoms with Gasteiger partial charge in [-0.2, -0.15) is 0 Å². The summed E-state index contributed by atoms with van der Waals surface area (Å²) in [6, 6.07) is 10.6. The molecule has 1 N–H and O–H groups in total. The van der Waals surface area contributed by atoms with Crippen molar-refractivity contribution in [2.45, 2.75) is 16.9 Å². The Labute approximate surface area is 99.7 Å². The van der Waals surface area contributed by atoms with E-state index in [-0.39, 0.29) is 10.7 Å². The van der Waals surface area contributed by atoms with Crippen molar-refractivity contribution in [1.29, 1.82) is 0 Å². The lowest BCUT2D eigenvalue weighted by atomic mass is 10.1. The average molecular weight is 240 g/mol. The molecule has 82 valence electrons. The minimum absolute atomic E-state index is 0.105. The minimum atomic E-state index is 0.105. The molecule has 1 aliphatic rings. The summed E-state index contributed by atoms with van der Waals surface area (Å²) in [5.41, 5.74) is 1.36. The standard InChI is InChI=1S/C12H16OS2/c13-8-7-12(14-9-4-10-15-12)11-5-2-1-3-6-11/h1-3,5-6,13H,4,7-10H2. The van der Waals surface area contributed by atoms with E-state index in [0.717, 1.165) is 6.42 Å². The van der Waals surface area contributed by atoms with Crippen molar-refractivity contribution in [3.8, 4) is 0 Å². The molecule has 1 aromatic rings. The molecule has 1 saturated heterocycles. The van der Waals surface area contributed by atoms with E-state index in [2.05, 4.69) is 24.3 Å². The molecule has 1 aromatic carbocycles. The number of benzene rings is 1. The van der Waals surface area contributed by atoms with Gasteiger partial charge in [0.25, 0.3) is 0 Å². The van der Waals surface area contributed by atoms with E-state index in [0.29, 0.717) is 0 Å². The van der Waals surface area contributed by atoms with Crippen LogP contribution in [0.25, 0.3) is 0 Å². The first-order valence-corrected chi connectivity index (χ1v) is 7.29. The van der Waals surface area contributed by atoms with Crippen molar-refractivity contribution in [2.75, 3.05) is 18.1 Å². The van der Waals surface area contributed by atoms with Gasteiger partial charge >= 0.3 is 0 Å². The lowest BCUT2D eigenvalue weighted by Crippen LogP contribution is -2.24. The first kappa shape index (κ1) is 11.4. The molecule has 0 spiro atoms. The van der Waals surface area contributed by atoms with Crippen LogP contribution in [-0.4, -0.2) is 23.2 Å². The van der Waals surface area contributed by atoms with Gasteiger partial charge in [-0.15, -0.1) is 23.5 Å². The molecule has 3 heteroatoms. The molecule has 15 heavy (non-hydrogen) atoms. The topological polar surface area (TPSA) is 20.2 Å².